The predicted molar refractivity (Wildman–Crippen MR) is 38.5 cm³/mol. The molecule has 0 bridgehead atoms. The van der Waals surface area contributed by atoms with E-state index in [9.17, 15) is 0 Å². The van der Waals surface area contributed by atoms with Crippen molar-refractivity contribution < 1.29 is 9.47 Å². The molecule has 0 aromatic carbocycles. The number of hydrogen-bond acceptors (Lipinski definition) is 3. The van der Waals surface area contributed by atoms with Crippen LogP contribution in [0.5, 0.6) is 5.88 Å². The first kappa shape index (κ1) is 6.67. The minimum Gasteiger partial charge on any atom is -0.475 e. The Morgan fingerprint density at radius 1 is 1.82 bits per heavy atom. The minimum atomic E-state index is 0.141. The average molecular weight is 154 g/mol. The number of rotatable bonds is 1. The zero-order valence-electron chi connectivity index (χ0n) is 6.36. The van der Waals surface area contributed by atoms with Gasteiger partial charge in [-0.1, -0.05) is 0 Å². The van der Waals surface area contributed by atoms with Gasteiger partial charge in [0, 0.05) is 13.2 Å². The first-order valence-electron chi connectivity index (χ1n) is 3.57. The highest BCUT2D eigenvalue weighted by molar-refractivity contribution is 5.09. The van der Waals surface area contributed by atoms with Crippen molar-refractivity contribution >= 4 is 0 Å². The Morgan fingerprint density at radius 3 is 3.55 bits per heavy atom. The molecule has 0 saturated heterocycles. The summed E-state index contributed by atoms with van der Waals surface area (Å²) in [5.41, 5.74) is 0. The highest BCUT2D eigenvalue weighted by atomic mass is 16.5. The Labute approximate surface area is 64.7 Å². The molecule has 0 fully saturated rings. The summed E-state index contributed by atoms with van der Waals surface area (Å²) in [5, 5.41) is 4.07. The number of aromatic nitrogens is 2. The summed E-state index contributed by atoms with van der Waals surface area (Å²) in [7, 11) is 1.68. The van der Waals surface area contributed by atoms with E-state index >= 15 is 0 Å². The summed E-state index contributed by atoms with van der Waals surface area (Å²) in [6.45, 7) is 1.42. The molecule has 1 aliphatic rings. The molecule has 1 atom stereocenters. The lowest BCUT2D eigenvalue weighted by atomic mass is 10.3. The standard InChI is InChI=1S/C7H10N2O2/c1-10-6-4-9-7(11-5-6)2-3-8-9/h2-3,6H,4-5H2,1H3/t6-/m0/s1. The van der Waals surface area contributed by atoms with Gasteiger partial charge in [0.1, 0.15) is 12.7 Å². The zero-order chi connectivity index (χ0) is 7.68. The molecule has 0 unspecified atom stereocenters. The van der Waals surface area contributed by atoms with Crippen molar-refractivity contribution in [2.45, 2.75) is 12.6 Å². The van der Waals surface area contributed by atoms with Crippen LogP contribution in [0.1, 0.15) is 0 Å². The molecule has 1 aliphatic heterocycles. The van der Waals surface area contributed by atoms with E-state index in [-0.39, 0.29) is 6.10 Å². The third-order valence-electron chi connectivity index (χ3n) is 1.80. The van der Waals surface area contributed by atoms with Gasteiger partial charge in [-0.15, -0.1) is 0 Å². The third kappa shape index (κ3) is 1.09. The van der Waals surface area contributed by atoms with Crippen molar-refractivity contribution in [3.05, 3.63) is 12.3 Å². The summed E-state index contributed by atoms with van der Waals surface area (Å²) in [6, 6.07) is 1.85. The van der Waals surface area contributed by atoms with E-state index in [4.69, 9.17) is 9.47 Å². The quantitative estimate of drug-likeness (QED) is 0.583. The van der Waals surface area contributed by atoms with Crippen LogP contribution in [-0.4, -0.2) is 29.6 Å². The second-order valence-electron chi connectivity index (χ2n) is 2.52. The molecule has 0 radical (unpaired) electrons. The zero-order valence-corrected chi connectivity index (χ0v) is 6.36. The molecular formula is C7H10N2O2. The monoisotopic (exact) mass is 154 g/mol. The molecule has 0 spiro atoms. The Balaban J connectivity index is 2.18. The maximum absolute atomic E-state index is 5.34. The smallest absolute Gasteiger partial charge is 0.211 e. The van der Waals surface area contributed by atoms with Crippen molar-refractivity contribution in [2.24, 2.45) is 0 Å². The fraction of sp³-hybridized carbons (Fsp3) is 0.571. The number of hydrogen-bond donors (Lipinski definition) is 0. The van der Waals surface area contributed by atoms with Gasteiger partial charge in [-0.25, -0.2) is 4.68 Å². The van der Waals surface area contributed by atoms with Crippen molar-refractivity contribution in [1.29, 1.82) is 0 Å². The first-order chi connectivity index (χ1) is 5.40. The Kier molecular flexibility index (Phi) is 1.54. The van der Waals surface area contributed by atoms with Crippen molar-refractivity contribution in [3.8, 4) is 5.88 Å². The maximum Gasteiger partial charge on any atom is 0.211 e. The number of methoxy groups -OCH3 is 1. The van der Waals surface area contributed by atoms with Gasteiger partial charge in [0.2, 0.25) is 5.88 Å². The molecule has 0 aliphatic carbocycles. The van der Waals surface area contributed by atoms with Crippen molar-refractivity contribution in [1.82, 2.24) is 9.78 Å². The number of ether oxygens (including phenoxy) is 2. The number of fused-ring (bicyclic) bond motifs is 1. The summed E-state index contributed by atoms with van der Waals surface area (Å²) < 4.78 is 12.3. The van der Waals surface area contributed by atoms with Crippen LogP contribution < -0.4 is 4.74 Å². The lowest BCUT2D eigenvalue weighted by Crippen LogP contribution is -2.31. The highest BCUT2D eigenvalue weighted by Crippen LogP contribution is 2.16. The molecule has 11 heavy (non-hydrogen) atoms. The number of nitrogens with zero attached hydrogens (tertiary/aromatic N) is 2. The molecule has 1 aromatic rings. The van der Waals surface area contributed by atoms with E-state index in [1.54, 1.807) is 18.0 Å². The molecule has 1 aromatic heterocycles. The van der Waals surface area contributed by atoms with E-state index in [1.807, 2.05) is 6.07 Å². The normalized spacial score (nSPS) is 22.5. The van der Waals surface area contributed by atoms with Crippen molar-refractivity contribution in [3.63, 3.8) is 0 Å². The second-order valence-corrected chi connectivity index (χ2v) is 2.52. The predicted octanol–water partition coefficient (Wildman–Crippen LogP) is 0.290. The third-order valence-corrected chi connectivity index (χ3v) is 1.80. The van der Waals surface area contributed by atoms with Crippen LogP contribution in [0.4, 0.5) is 0 Å². The second kappa shape index (κ2) is 2.54. The van der Waals surface area contributed by atoms with Crippen LogP contribution in [0.2, 0.25) is 0 Å². The fourth-order valence-electron chi connectivity index (χ4n) is 1.15. The van der Waals surface area contributed by atoms with Gasteiger partial charge in [-0.05, 0) is 0 Å². The SMILES string of the molecule is CO[C@@H]1COc2ccnn2C1. The summed E-state index contributed by atoms with van der Waals surface area (Å²) >= 11 is 0. The molecule has 4 nitrogen and oxygen atoms in total. The first-order valence-corrected chi connectivity index (χ1v) is 3.57. The van der Waals surface area contributed by atoms with Crippen LogP contribution in [0.25, 0.3) is 0 Å². The van der Waals surface area contributed by atoms with Crippen molar-refractivity contribution in [2.75, 3.05) is 13.7 Å². The molecular weight excluding hydrogens is 144 g/mol. The van der Waals surface area contributed by atoms with E-state index < -0.39 is 0 Å². The van der Waals surface area contributed by atoms with Crippen LogP contribution >= 0.6 is 0 Å². The van der Waals surface area contributed by atoms with E-state index in [2.05, 4.69) is 5.10 Å². The van der Waals surface area contributed by atoms with Gasteiger partial charge in [0.15, 0.2) is 0 Å². The topological polar surface area (TPSA) is 36.3 Å². The Bertz CT molecular complexity index is 246. The van der Waals surface area contributed by atoms with E-state index in [0.717, 1.165) is 12.4 Å². The average Bonchev–Trinajstić information content (AvgIpc) is 2.50. The molecule has 0 saturated carbocycles. The lowest BCUT2D eigenvalue weighted by Gasteiger charge is -2.22. The molecule has 0 N–H and O–H groups in total. The van der Waals surface area contributed by atoms with Gasteiger partial charge in [-0.2, -0.15) is 5.10 Å². The molecule has 0 amide bonds. The van der Waals surface area contributed by atoms with Crippen LogP contribution in [-0.2, 0) is 11.3 Å². The maximum atomic E-state index is 5.34. The lowest BCUT2D eigenvalue weighted by molar-refractivity contribution is 0.0179. The summed E-state index contributed by atoms with van der Waals surface area (Å²) in [5.74, 6) is 0.832. The Hall–Kier alpha value is -1.03. The largest absolute Gasteiger partial charge is 0.475 e. The fourth-order valence-corrected chi connectivity index (χ4v) is 1.15. The van der Waals surface area contributed by atoms with Gasteiger partial charge >= 0.3 is 0 Å². The van der Waals surface area contributed by atoms with Crippen LogP contribution in [0, 0.1) is 0 Å². The molecule has 60 valence electrons. The van der Waals surface area contributed by atoms with Gasteiger partial charge in [0.05, 0.1) is 12.7 Å². The molecule has 4 heteroatoms. The molecule has 2 heterocycles. The van der Waals surface area contributed by atoms with Crippen LogP contribution in [0.3, 0.4) is 0 Å². The van der Waals surface area contributed by atoms with E-state index in [0.29, 0.717) is 6.61 Å². The van der Waals surface area contributed by atoms with Gasteiger partial charge in [0.25, 0.3) is 0 Å². The van der Waals surface area contributed by atoms with Gasteiger partial charge in [-0.3, -0.25) is 0 Å². The van der Waals surface area contributed by atoms with Gasteiger partial charge < -0.3 is 9.47 Å². The highest BCUT2D eigenvalue weighted by Gasteiger charge is 2.18. The minimum absolute atomic E-state index is 0.141. The van der Waals surface area contributed by atoms with E-state index in [1.165, 1.54) is 0 Å². The Morgan fingerprint density at radius 2 is 2.73 bits per heavy atom. The summed E-state index contributed by atoms with van der Waals surface area (Å²) in [4.78, 5) is 0. The molecule has 2 rings (SSSR count). The van der Waals surface area contributed by atoms with Crippen LogP contribution in [0.15, 0.2) is 12.3 Å². The summed E-state index contributed by atoms with van der Waals surface area (Å²) in [6.07, 6.45) is 1.87.